The number of hydrogen-bond acceptors (Lipinski definition) is 2. The van der Waals surface area contributed by atoms with Gasteiger partial charge >= 0.3 is 0 Å². The van der Waals surface area contributed by atoms with Gasteiger partial charge in [0.1, 0.15) is 5.82 Å². The van der Waals surface area contributed by atoms with E-state index in [2.05, 4.69) is 23.8 Å². The lowest BCUT2D eigenvalue weighted by atomic mass is 10.0. The molecule has 0 aliphatic rings. The number of aromatic amines is 1. The number of nitrogens with one attached hydrogen (secondary N) is 1. The van der Waals surface area contributed by atoms with Crippen molar-refractivity contribution in [2.45, 2.75) is 33.6 Å². The summed E-state index contributed by atoms with van der Waals surface area (Å²) in [6.07, 6.45) is 9.44. The average Bonchev–Trinajstić information content (AvgIpc) is 2.51. The summed E-state index contributed by atoms with van der Waals surface area (Å²) in [5.74, 6) is 1.18. The highest BCUT2D eigenvalue weighted by molar-refractivity contribution is 5.54. The van der Waals surface area contributed by atoms with Crippen LogP contribution in [0.1, 0.15) is 42.9 Å². The van der Waals surface area contributed by atoms with Crippen LogP contribution in [-0.4, -0.2) is 9.97 Å². The normalized spacial score (nSPS) is 11.8. The predicted octanol–water partition coefficient (Wildman–Crippen LogP) is 4.39. The van der Waals surface area contributed by atoms with Gasteiger partial charge in [0.2, 0.25) is 0 Å². The molecule has 23 heavy (non-hydrogen) atoms. The van der Waals surface area contributed by atoms with E-state index in [1.54, 1.807) is 0 Å². The quantitative estimate of drug-likeness (QED) is 0.804. The molecule has 0 bridgehead atoms. The molecule has 0 atom stereocenters. The maximum Gasteiger partial charge on any atom is 0.254 e. The van der Waals surface area contributed by atoms with Gasteiger partial charge in [-0.05, 0) is 37.3 Å². The topological polar surface area (TPSA) is 45.8 Å². The molecule has 0 fully saturated rings. The summed E-state index contributed by atoms with van der Waals surface area (Å²) in [6.45, 7) is 6.22. The first kappa shape index (κ1) is 16.9. The number of rotatable bonds is 6. The van der Waals surface area contributed by atoms with Crippen LogP contribution in [0.15, 0.2) is 47.3 Å². The molecule has 2 rings (SSSR count). The fourth-order valence-corrected chi connectivity index (χ4v) is 2.32. The smallest absolute Gasteiger partial charge is 0.254 e. The summed E-state index contributed by atoms with van der Waals surface area (Å²) in [5, 5.41) is 0. The van der Waals surface area contributed by atoms with Gasteiger partial charge in [-0.15, -0.1) is 0 Å². The van der Waals surface area contributed by atoms with Crippen LogP contribution in [0.25, 0.3) is 12.2 Å². The predicted molar refractivity (Wildman–Crippen MR) is 97.3 cm³/mol. The fourth-order valence-electron chi connectivity index (χ4n) is 2.32. The van der Waals surface area contributed by atoms with Crippen LogP contribution in [0.4, 0.5) is 0 Å². The Morgan fingerprint density at radius 2 is 1.83 bits per heavy atom. The summed E-state index contributed by atoms with van der Waals surface area (Å²) >= 11 is 0. The average molecular weight is 308 g/mol. The Bertz CT molecular complexity index is 740. The van der Waals surface area contributed by atoms with E-state index in [-0.39, 0.29) is 5.56 Å². The summed E-state index contributed by atoms with van der Waals surface area (Å²) < 4.78 is 0. The number of benzene rings is 1. The van der Waals surface area contributed by atoms with Crippen molar-refractivity contribution in [2.24, 2.45) is 5.92 Å². The first-order chi connectivity index (χ1) is 11.1. The lowest BCUT2D eigenvalue weighted by Crippen LogP contribution is -2.18. The largest absolute Gasteiger partial charge is 0.307 e. The number of hydrogen-bond donors (Lipinski definition) is 1. The van der Waals surface area contributed by atoms with Crippen LogP contribution in [0.5, 0.6) is 0 Å². The standard InChI is InChI=1S/C20H24N2O/c1-15(2)13-14-18-16(3)21-19(22-20(18)23)12-8-7-11-17-9-5-4-6-10-17/h4-12,15H,13-14H2,1-3H3,(H,21,22,23)/b11-7+,12-8+. The lowest BCUT2D eigenvalue weighted by molar-refractivity contribution is 0.582. The second kappa shape index (κ2) is 8.28. The number of H-pyrrole nitrogens is 1. The van der Waals surface area contributed by atoms with Crippen LogP contribution >= 0.6 is 0 Å². The Hall–Kier alpha value is -2.42. The van der Waals surface area contributed by atoms with E-state index in [0.29, 0.717) is 11.7 Å². The first-order valence-corrected chi connectivity index (χ1v) is 8.06. The minimum Gasteiger partial charge on any atom is -0.307 e. The van der Waals surface area contributed by atoms with Crippen molar-refractivity contribution in [3.8, 4) is 0 Å². The Morgan fingerprint density at radius 1 is 1.13 bits per heavy atom. The summed E-state index contributed by atoms with van der Waals surface area (Å²) in [6, 6.07) is 10.1. The van der Waals surface area contributed by atoms with E-state index < -0.39 is 0 Å². The summed E-state index contributed by atoms with van der Waals surface area (Å²) in [5.41, 5.74) is 2.74. The number of nitrogens with zero attached hydrogens (tertiary/aromatic N) is 1. The van der Waals surface area contributed by atoms with Crippen molar-refractivity contribution < 1.29 is 0 Å². The molecule has 1 N–H and O–H groups in total. The molecule has 0 aliphatic heterocycles. The molecule has 0 saturated heterocycles. The third-order valence-corrected chi connectivity index (χ3v) is 3.67. The van der Waals surface area contributed by atoms with Gasteiger partial charge in [0, 0.05) is 11.3 Å². The zero-order chi connectivity index (χ0) is 16.7. The van der Waals surface area contributed by atoms with E-state index in [0.717, 1.165) is 29.7 Å². The molecule has 120 valence electrons. The molecule has 3 heteroatoms. The molecule has 2 aromatic rings. The Morgan fingerprint density at radius 3 is 2.48 bits per heavy atom. The molecule has 1 aromatic heterocycles. The molecule has 1 heterocycles. The van der Waals surface area contributed by atoms with Crippen LogP contribution in [0.2, 0.25) is 0 Å². The molecule has 3 nitrogen and oxygen atoms in total. The van der Waals surface area contributed by atoms with Crippen molar-refractivity contribution in [3.63, 3.8) is 0 Å². The Kier molecular flexibility index (Phi) is 6.10. The Labute approximate surface area is 137 Å². The van der Waals surface area contributed by atoms with Crippen molar-refractivity contribution in [1.82, 2.24) is 9.97 Å². The zero-order valence-corrected chi connectivity index (χ0v) is 14.0. The van der Waals surface area contributed by atoms with E-state index in [9.17, 15) is 4.79 Å². The lowest BCUT2D eigenvalue weighted by Gasteiger charge is -2.07. The number of aryl methyl sites for hydroxylation is 1. The van der Waals surface area contributed by atoms with E-state index in [1.165, 1.54) is 0 Å². The van der Waals surface area contributed by atoms with Crippen molar-refractivity contribution >= 4 is 12.2 Å². The third kappa shape index (κ3) is 5.37. The molecule has 1 aromatic carbocycles. The minimum atomic E-state index is -0.0233. The first-order valence-electron chi connectivity index (χ1n) is 8.06. The highest BCUT2D eigenvalue weighted by Gasteiger charge is 2.07. The third-order valence-electron chi connectivity index (χ3n) is 3.67. The highest BCUT2D eigenvalue weighted by atomic mass is 16.1. The van der Waals surface area contributed by atoms with Crippen molar-refractivity contribution in [3.05, 3.63) is 75.5 Å². The molecule has 0 amide bonds. The molecular formula is C20H24N2O. The molecule has 0 unspecified atom stereocenters. The van der Waals surface area contributed by atoms with E-state index in [1.807, 2.05) is 61.6 Å². The second-order valence-electron chi connectivity index (χ2n) is 6.08. The highest BCUT2D eigenvalue weighted by Crippen LogP contribution is 2.09. The Balaban J connectivity index is 2.08. The molecule has 0 saturated carbocycles. The maximum atomic E-state index is 12.2. The maximum absolute atomic E-state index is 12.2. The van der Waals surface area contributed by atoms with Crippen LogP contribution in [0, 0.1) is 12.8 Å². The van der Waals surface area contributed by atoms with Crippen LogP contribution in [-0.2, 0) is 6.42 Å². The summed E-state index contributed by atoms with van der Waals surface area (Å²) in [4.78, 5) is 19.5. The molecule has 0 aliphatic carbocycles. The molecular weight excluding hydrogens is 284 g/mol. The van der Waals surface area contributed by atoms with E-state index >= 15 is 0 Å². The van der Waals surface area contributed by atoms with Gasteiger partial charge in [0.05, 0.1) is 0 Å². The minimum absolute atomic E-state index is 0.0233. The van der Waals surface area contributed by atoms with Crippen LogP contribution < -0.4 is 5.56 Å². The van der Waals surface area contributed by atoms with Gasteiger partial charge < -0.3 is 4.98 Å². The van der Waals surface area contributed by atoms with E-state index in [4.69, 9.17) is 0 Å². The van der Waals surface area contributed by atoms with Gasteiger partial charge in [0.15, 0.2) is 0 Å². The van der Waals surface area contributed by atoms with Crippen LogP contribution in [0.3, 0.4) is 0 Å². The fraction of sp³-hybridized carbons (Fsp3) is 0.300. The zero-order valence-electron chi connectivity index (χ0n) is 14.0. The molecule has 0 spiro atoms. The number of allylic oxidation sites excluding steroid dienone is 2. The number of aromatic nitrogens is 2. The van der Waals surface area contributed by atoms with Gasteiger partial charge in [-0.25, -0.2) is 4.98 Å². The monoisotopic (exact) mass is 308 g/mol. The SMILES string of the molecule is Cc1nc(/C=C/C=C/c2ccccc2)[nH]c(=O)c1CCC(C)C. The van der Waals surface area contributed by atoms with Gasteiger partial charge in [-0.3, -0.25) is 4.79 Å². The van der Waals surface area contributed by atoms with Gasteiger partial charge in [-0.2, -0.15) is 0 Å². The van der Waals surface area contributed by atoms with Gasteiger partial charge in [-0.1, -0.05) is 62.4 Å². The molecule has 0 radical (unpaired) electrons. The second-order valence-corrected chi connectivity index (χ2v) is 6.08. The van der Waals surface area contributed by atoms with Crippen molar-refractivity contribution in [1.29, 1.82) is 0 Å². The summed E-state index contributed by atoms with van der Waals surface area (Å²) in [7, 11) is 0. The van der Waals surface area contributed by atoms with Crippen molar-refractivity contribution in [2.75, 3.05) is 0 Å². The van der Waals surface area contributed by atoms with Gasteiger partial charge in [0.25, 0.3) is 5.56 Å².